The molecule has 1 amide bonds. The van der Waals surface area contributed by atoms with Crippen LogP contribution >= 0.6 is 0 Å². The Balaban J connectivity index is 1.70. The van der Waals surface area contributed by atoms with Crippen LogP contribution in [0.25, 0.3) is 0 Å². The summed E-state index contributed by atoms with van der Waals surface area (Å²) in [6, 6.07) is 6.02. The molecular weight excluding hydrogens is 266 g/mol. The Hall–Kier alpha value is -1.55. The van der Waals surface area contributed by atoms with Gasteiger partial charge in [-0.3, -0.25) is 4.79 Å². The predicted octanol–water partition coefficient (Wildman–Crippen LogP) is 2.35. The van der Waals surface area contributed by atoms with Crippen LogP contribution in [0.3, 0.4) is 0 Å². The molecule has 1 aliphatic carbocycles. The van der Waals surface area contributed by atoms with Crippen LogP contribution in [0.5, 0.6) is 5.75 Å². The first-order valence-electron chi connectivity index (χ1n) is 7.63. The normalized spacial score (nSPS) is 15.6. The van der Waals surface area contributed by atoms with Crippen LogP contribution in [0.2, 0.25) is 0 Å². The Morgan fingerprint density at radius 1 is 1.33 bits per heavy atom. The molecule has 0 heterocycles. The van der Waals surface area contributed by atoms with Crippen molar-refractivity contribution in [3.63, 3.8) is 0 Å². The number of nitrogens with one attached hydrogen (secondary N) is 1. The topological polar surface area (TPSA) is 58.6 Å². The third-order valence-corrected chi connectivity index (χ3v) is 4.24. The molecule has 0 spiro atoms. The van der Waals surface area contributed by atoms with E-state index >= 15 is 0 Å². The molecule has 0 radical (unpaired) electrons. The van der Waals surface area contributed by atoms with Crippen molar-refractivity contribution in [3.05, 3.63) is 29.3 Å². The molecule has 0 saturated heterocycles. The number of benzene rings is 1. The van der Waals surface area contributed by atoms with E-state index < -0.39 is 0 Å². The number of amides is 1. The average molecular weight is 291 g/mol. The monoisotopic (exact) mass is 291 g/mol. The first-order valence-corrected chi connectivity index (χ1v) is 7.63. The Bertz CT molecular complexity index is 475. The van der Waals surface area contributed by atoms with Gasteiger partial charge in [-0.15, -0.1) is 0 Å². The maximum absolute atomic E-state index is 11.8. The number of carbonyl (C=O) groups excluding carboxylic acids is 1. The Labute approximate surface area is 126 Å². The van der Waals surface area contributed by atoms with Gasteiger partial charge >= 0.3 is 0 Å². The summed E-state index contributed by atoms with van der Waals surface area (Å²) in [5.74, 6) is 0.898. The zero-order valence-electron chi connectivity index (χ0n) is 12.9. The van der Waals surface area contributed by atoms with Crippen LogP contribution in [0.15, 0.2) is 18.2 Å². The minimum atomic E-state index is 0.0189. The second kappa shape index (κ2) is 6.94. The highest BCUT2D eigenvalue weighted by Crippen LogP contribution is 2.47. The fraction of sp³-hybridized carbons (Fsp3) is 0.588. The zero-order chi connectivity index (χ0) is 15.3. The fourth-order valence-corrected chi connectivity index (χ4v) is 2.58. The van der Waals surface area contributed by atoms with Crippen molar-refractivity contribution in [1.29, 1.82) is 0 Å². The van der Waals surface area contributed by atoms with Crippen molar-refractivity contribution < 1.29 is 14.6 Å². The van der Waals surface area contributed by atoms with E-state index in [0.717, 1.165) is 36.1 Å². The van der Waals surface area contributed by atoms with Crippen LogP contribution in [0, 0.1) is 19.3 Å². The molecule has 1 fully saturated rings. The lowest BCUT2D eigenvalue weighted by molar-refractivity contribution is -0.121. The van der Waals surface area contributed by atoms with Crippen molar-refractivity contribution in [2.24, 2.45) is 5.41 Å². The summed E-state index contributed by atoms with van der Waals surface area (Å²) >= 11 is 0. The van der Waals surface area contributed by atoms with Gasteiger partial charge in [0.25, 0.3) is 0 Å². The first kappa shape index (κ1) is 15.8. The van der Waals surface area contributed by atoms with E-state index in [1.54, 1.807) is 0 Å². The van der Waals surface area contributed by atoms with Gasteiger partial charge in [-0.1, -0.05) is 18.2 Å². The van der Waals surface area contributed by atoms with Crippen molar-refractivity contribution in [3.8, 4) is 5.75 Å². The second-order valence-electron chi connectivity index (χ2n) is 6.07. The number of rotatable bonds is 8. The number of hydrogen-bond acceptors (Lipinski definition) is 3. The summed E-state index contributed by atoms with van der Waals surface area (Å²) in [6.07, 6.45) is 3.36. The molecule has 21 heavy (non-hydrogen) atoms. The van der Waals surface area contributed by atoms with Gasteiger partial charge in [0, 0.05) is 13.2 Å². The third-order valence-electron chi connectivity index (χ3n) is 4.24. The Kier molecular flexibility index (Phi) is 5.23. The van der Waals surface area contributed by atoms with Crippen molar-refractivity contribution in [2.75, 3.05) is 19.8 Å². The lowest BCUT2D eigenvalue weighted by atomic mass is 10.0. The van der Waals surface area contributed by atoms with Crippen molar-refractivity contribution in [1.82, 2.24) is 5.32 Å². The SMILES string of the molecule is Cc1cccc(C)c1OCCC(=O)NCC1(CCO)CC1. The van der Waals surface area contributed by atoms with Gasteiger partial charge in [-0.05, 0) is 49.7 Å². The molecule has 1 aliphatic rings. The van der Waals surface area contributed by atoms with Gasteiger partial charge < -0.3 is 15.2 Å². The molecule has 4 nitrogen and oxygen atoms in total. The summed E-state index contributed by atoms with van der Waals surface area (Å²) in [5.41, 5.74) is 2.35. The maximum Gasteiger partial charge on any atom is 0.223 e. The van der Waals surface area contributed by atoms with Gasteiger partial charge in [0.05, 0.1) is 13.0 Å². The number of hydrogen-bond donors (Lipinski definition) is 2. The summed E-state index contributed by atoms with van der Waals surface area (Å²) in [5, 5.41) is 11.9. The molecule has 1 aromatic rings. The lowest BCUT2D eigenvalue weighted by Gasteiger charge is -2.15. The number of aliphatic hydroxyl groups is 1. The van der Waals surface area contributed by atoms with Gasteiger partial charge in [-0.2, -0.15) is 0 Å². The van der Waals surface area contributed by atoms with Crippen molar-refractivity contribution in [2.45, 2.75) is 39.5 Å². The standard InChI is InChI=1S/C17H25NO3/c1-13-4-3-5-14(2)16(13)21-11-6-15(20)18-12-17(7-8-17)9-10-19/h3-5,19H,6-12H2,1-2H3,(H,18,20). The molecule has 0 aromatic heterocycles. The molecule has 2 N–H and O–H groups in total. The molecule has 0 atom stereocenters. The van der Waals surface area contributed by atoms with E-state index in [-0.39, 0.29) is 17.9 Å². The number of ether oxygens (including phenoxy) is 1. The summed E-state index contributed by atoms with van der Waals surface area (Å²) < 4.78 is 5.73. The van der Waals surface area contributed by atoms with E-state index in [1.807, 2.05) is 32.0 Å². The van der Waals surface area contributed by atoms with Crippen LogP contribution < -0.4 is 10.1 Å². The van der Waals surface area contributed by atoms with Crippen LogP contribution in [-0.2, 0) is 4.79 Å². The van der Waals surface area contributed by atoms with Crippen LogP contribution in [0.1, 0.15) is 36.8 Å². The zero-order valence-corrected chi connectivity index (χ0v) is 12.9. The van der Waals surface area contributed by atoms with E-state index in [0.29, 0.717) is 19.6 Å². The minimum Gasteiger partial charge on any atom is -0.493 e. The van der Waals surface area contributed by atoms with E-state index in [4.69, 9.17) is 9.84 Å². The number of carbonyl (C=O) groups is 1. The summed E-state index contributed by atoms with van der Waals surface area (Å²) in [6.45, 7) is 5.29. The van der Waals surface area contributed by atoms with Gasteiger partial charge in [0.1, 0.15) is 5.75 Å². The summed E-state index contributed by atoms with van der Waals surface area (Å²) in [7, 11) is 0. The fourth-order valence-electron chi connectivity index (χ4n) is 2.58. The van der Waals surface area contributed by atoms with Gasteiger partial charge in [0.15, 0.2) is 0 Å². The molecule has 0 aliphatic heterocycles. The highest BCUT2D eigenvalue weighted by Gasteiger charge is 2.41. The summed E-state index contributed by atoms with van der Waals surface area (Å²) in [4.78, 5) is 11.8. The highest BCUT2D eigenvalue weighted by molar-refractivity contribution is 5.76. The van der Waals surface area contributed by atoms with Gasteiger partial charge in [0.2, 0.25) is 5.91 Å². The average Bonchev–Trinajstić information content (AvgIpc) is 3.21. The second-order valence-corrected chi connectivity index (χ2v) is 6.07. The number of aryl methyl sites for hydroxylation is 2. The number of aliphatic hydroxyl groups excluding tert-OH is 1. The molecule has 2 rings (SSSR count). The van der Waals surface area contributed by atoms with E-state index in [2.05, 4.69) is 5.32 Å². The van der Waals surface area contributed by atoms with Crippen LogP contribution in [-0.4, -0.2) is 30.8 Å². The molecule has 0 unspecified atom stereocenters. The lowest BCUT2D eigenvalue weighted by Crippen LogP contribution is -2.31. The molecule has 1 saturated carbocycles. The predicted molar refractivity (Wildman–Crippen MR) is 82.4 cm³/mol. The van der Waals surface area contributed by atoms with Crippen LogP contribution in [0.4, 0.5) is 0 Å². The molecular formula is C17H25NO3. The Morgan fingerprint density at radius 3 is 2.57 bits per heavy atom. The van der Waals surface area contributed by atoms with Crippen molar-refractivity contribution >= 4 is 5.91 Å². The van der Waals surface area contributed by atoms with Gasteiger partial charge in [-0.25, -0.2) is 0 Å². The third kappa shape index (κ3) is 4.46. The smallest absolute Gasteiger partial charge is 0.223 e. The van der Waals surface area contributed by atoms with E-state index in [1.165, 1.54) is 0 Å². The van der Waals surface area contributed by atoms with E-state index in [9.17, 15) is 4.79 Å². The highest BCUT2D eigenvalue weighted by atomic mass is 16.5. The molecule has 4 heteroatoms. The molecule has 116 valence electrons. The minimum absolute atomic E-state index is 0.0189. The first-order chi connectivity index (χ1) is 10.1. The maximum atomic E-state index is 11.8. The quantitative estimate of drug-likeness (QED) is 0.773. The number of para-hydroxylation sites is 1. The molecule has 1 aromatic carbocycles. The Morgan fingerprint density at radius 2 is 2.00 bits per heavy atom. The molecule has 0 bridgehead atoms. The largest absolute Gasteiger partial charge is 0.493 e.